The number of aryl methyl sites for hydroxylation is 1. The van der Waals surface area contributed by atoms with E-state index in [0.717, 1.165) is 17.0 Å². The van der Waals surface area contributed by atoms with Crippen molar-refractivity contribution in [2.24, 2.45) is 0 Å². The molecule has 0 spiro atoms. The molecule has 0 bridgehead atoms. The van der Waals surface area contributed by atoms with Crippen molar-refractivity contribution >= 4 is 11.8 Å². The van der Waals surface area contributed by atoms with Gasteiger partial charge in [0.15, 0.2) is 5.16 Å². The average Bonchev–Trinajstić information content (AvgIpc) is 2.87. The summed E-state index contributed by atoms with van der Waals surface area (Å²) < 4.78 is 5.70. The van der Waals surface area contributed by atoms with Crippen molar-refractivity contribution in [3.05, 3.63) is 64.4 Å². The molecule has 2 heterocycles. The maximum Gasteiger partial charge on any atom is 0.251 e. The zero-order valence-corrected chi connectivity index (χ0v) is 12.2. The number of H-pyrrole nitrogens is 1. The van der Waals surface area contributed by atoms with Gasteiger partial charge in [0.2, 0.25) is 5.89 Å². The Morgan fingerprint density at radius 1 is 1.24 bits per heavy atom. The van der Waals surface area contributed by atoms with Gasteiger partial charge in [-0.25, -0.2) is 9.97 Å². The second-order valence-electron chi connectivity index (χ2n) is 4.42. The molecular weight excluding hydrogens is 286 g/mol. The summed E-state index contributed by atoms with van der Waals surface area (Å²) in [6, 6.07) is 11.1. The third-order valence-corrected chi connectivity index (χ3v) is 3.81. The Morgan fingerprint density at radius 3 is 2.81 bits per heavy atom. The topological polar surface area (TPSA) is 71.8 Å². The van der Waals surface area contributed by atoms with Crippen LogP contribution in [0.4, 0.5) is 0 Å². The van der Waals surface area contributed by atoms with Crippen molar-refractivity contribution in [1.82, 2.24) is 15.0 Å². The lowest BCUT2D eigenvalue weighted by atomic mass is 10.2. The predicted octanol–water partition coefficient (Wildman–Crippen LogP) is 3.03. The van der Waals surface area contributed by atoms with E-state index in [0.29, 0.717) is 16.8 Å². The Bertz CT molecular complexity index is 796. The standard InChI is InChI=1S/C15H13N3O2S/c1-10-12(9-21-15-16-8-7-13(19)18-15)17-14(20-10)11-5-3-2-4-6-11/h2-8H,9H2,1H3,(H,16,18,19). The first-order chi connectivity index (χ1) is 10.2. The highest BCUT2D eigenvalue weighted by atomic mass is 32.2. The molecule has 0 aliphatic heterocycles. The van der Waals surface area contributed by atoms with Crippen molar-refractivity contribution in [1.29, 1.82) is 0 Å². The number of nitrogens with one attached hydrogen (secondary N) is 1. The molecule has 1 aromatic carbocycles. The van der Waals surface area contributed by atoms with Crippen molar-refractivity contribution in [2.75, 3.05) is 0 Å². The monoisotopic (exact) mass is 299 g/mol. The van der Waals surface area contributed by atoms with Crippen molar-refractivity contribution in [2.45, 2.75) is 17.8 Å². The van der Waals surface area contributed by atoms with E-state index in [4.69, 9.17) is 4.42 Å². The van der Waals surface area contributed by atoms with Gasteiger partial charge in [0.25, 0.3) is 5.56 Å². The maximum absolute atomic E-state index is 11.2. The largest absolute Gasteiger partial charge is 0.441 e. The average molecular weight is 299 g/mol. The molecule has 1 N–H and O–H groups in total. The highest BCUT2D eigenvalue weighted by Gasteiger charge is 2.11. The van der Waals surface area contributed by atoms with Crippen LogP contribution in [0.2, 0.25) is 0 Å². The van der Waals surface area contributed by atoms with Crippen LogP contribution in [0.3, 0.4) is 0 Å². The lowest BCUT2D eigenvalue weighted by molar-refractivity contribution is 0.540. The number of rotatable bonds is 4. The van der Waals surface area contributed by atoms with Gasteiger partial charge in [-0.3, -0.25) is 4.79 Å². The Kier molecular flexibility index (Phi) is 3.87. The fourth-order valence-electron chi connectivity index (χ4n) is 1.83. The first-order valence-electron chi connectivity index (χ1n) is 6.42. The molecule has 6 heteroatoms. The van der Waals surface area contributed by atoms with E-state index in [2.05, 4.69) is 15.0 Å². The Morgan fingerprint density at radius 2 is 2.05 bits per heavy atom. The summed E-state index contributed by atoms with van der Waals surface area (Å²) in [6.45, 7) is 1.89. The third kappa shape index (κ3) is 3.22. The van der Waals surface area contributed by atoms with E-state index in [1.807, 2.05) is 37.3 Å². The van der Waals surface area contributed by atoms with E-state index in [-0.39, 0.29) is 5.56 Å². The van der Waals surface area contributed by atoms with Gasteiger partial charge in [0, 0.05) is 23.6 Å². The van der Waals surface area contributed by atoms with Gasteiger partial charge in [0.1, 0.15) is 5.76 Å². The number of thioether (sulfide) groups is 1. The van der Waals surface area contributed by atoms with Crippen molar-refractivity contribution in [3.8, 4) is 11.5 Å². The lowest BCUT2D eigenvalue weighted by Gasteiger charge is -1.97. The molecule has 21 heavy (non-hydrogen) atoms. The van der Waals surface area contributed by atoms with Crippen molar-refractivity contribution in [3.63, 3.8) is 0 Å². The number of hydrogen-bond donors (Lipinski definition) is 1. The van der Waals surface area contributed by atoms with E-state index < -0.39 is 0 Å². The molecule has 0 radical (unpaired) electrons. The number of benzene rings is 1. The molecule has 5 nitrogen and oxygen atoms in total. The van der Waals surface area contributed by atoms with E-state index >= 15 is 0 Å². The van der Waals surface area contributed by atoms with Gasteiger partial charge in [-0.05, 0) is 19.1 Å². The molecule has 0 aliphatic rings. The SMILES string of the molecule is Cc1oc(-c2ccccc2)nc1CSc1nccc(=O)[nH]1. The Hall–Kier alpha value is -2.34. The molecule has 0 fully saturated rings. The number of aromatic nitrogens is 3. The zero-order valence-electron chi connectivity index (χ0n) is 11.4. The van der Waals surface area contributed by atoms with E-state index in [1.54, 1.807) is 0 Å². The number of aromatic amines is 1. The molecule has 0 saturated carbocycles. The Balaban J connectivity index is 1.78. The summed E-state index contributed by atoms with van der Waals surface area (Å²) in [6.07, 6.45) is 1.49. The highest BCUT2D eigenvalue weighted by molar-refractivity contribution is 7.98. The minimum absolute atomic E-state index is 0.158. The Labute approximate surface area is 125 Å². The van der Waals surface area contributed by atoms with Crippen LogP contribution in [0.15, 0.2) is 57.0 Å². The summed E-state index contributed by atoms with van der Waals surface area (Å²) in [5.74, 6) is 1.98. The van der Waals surface area contributed by atoms with Crippen LogP contribution < -0.4 is 5.56 Å². The molecule has 2 aromatic heterocycles. The zero-order chi connectivity index (χ0) is 14.7. The van der Waals surface area contributed by atoms with Crippen LogP contribution in [0.5, 0.6) is 0 Å². The second-order valence-corrected chi connectivity index (χ2v) is 5.38. The van der Waals surface area contributed by atoms with Crippen molar-refractivity contribution < 1.29 is 4.42 Å². The molecular formula is C15H13N3O2S. The quantitative estimate of drug-likeness (QED) is 0.592. The first-order valence-corrected chi connectivity index (χ1v) is 7.41. The summed E-state index contributed by atoms with van der Waals surface area (Å²) in [7, 11) is 0. The first kappa shape index (κ1) is 13.6. The number of nitrogens with zero attached hydrogens (tertiary/aromatic N) is 2. The third-order valence-electron chi connectivity index (χ3n) is 2.91. The summed E-state index contributed by atoms with van der Waals surface area (Å²) in [5, 5.41) is 0.575. The normalized spacial score (nSPS) is 10.7. The van der Waals surface area contributed by atoms with Gasteiger partial charge >= 0.3 is 0 Å². The minimum Gasteiger partial charge on any atom is -0.441 e. The summed E-state index contributed by atoms with van der Waals surface area (Å²) in [5.41, 5.74) is 1.64. The summed E-state index contributed by atoms with van der Waals surface area (Å²) >= 11 is 1.42. The van der Waals surface area contributed by atoms with E-state index in [1.165, 1.54) is 24.0 Å². The molecule has 0 unspecified atom stereocenters. The number of oxazole rings is 1. The van der Waals surface area contributed by atoms with Gasteiger partial charge in [-0.1, -0.05) is 30.0 Å². The van der Waals surface area contributed by atoms with E-state index in [9.17, 15) is 4.79 Å². The van der Waals surface area contributed by atoms with Gasteiger partial charge in [-0.2, -0.15) is 0 Å². The van der Waals surface area contributed by atoms with Crippen LogP contribution >= 0.6 is 11.8 Å². The summed E-state index contributed by atoms with van der Waals surface area (Å²) in [4.78, 5) is 22.5. The molecule has 106 valence electrons. The van der Waals surface area contributed by atoms with Crippen LogP contribution in [0.1, 0.15) is 11.5 Å². The predicted molar refractivity (Wildman–Crippen MR) is 81.1 cm³/mol. The van der Waals surface area contributed by atoms with Crippen LogP contribution in [0, 0.1) is 6.92 Å². The fraction of sp³-hybridized carbons (Fsp3) is 0.133. The highest BCUT2D eigenvalue weighted by Crippen LogP contribution is 2.25. The molecule has 0 aliphatic carbocycles. The van der Waals surface area contributed by atoms with Gasteiger partial charge in [0.05, 0.1) is 5.69 Å². The van der Waals surface area contributed by atoms with Crippen LogP contribution in [-0.2, 0) is 5.75 Å². The molecule has 0 atom stereocenters. The molecule has 3 rings (SSSR count). The van der Waals surface area contributed by atoms with Crippen LogP contribution in [0.25, 0.3) is 11.5 Å². The number of hydrogen-bond acceptors (Lipinski definition) is 5. The lowest BCUT2D eigenvalue weighted by Crippen LogP contribution is -2.05. The second kappa shape index (κ2) is 5.97. The van der Waals surface area contributed by atoms with Gasteiger partial charge in [-0.15, -0.1) is 0 Å². The van der Waals surface area contributed by atoms with Gasteiger partial charge < -0.3 is 9.40 Å². The molecule has 3 aromatic rings. The van der Waals surface area contributed by atoms with Crippen LogP contribution in [-0.4, -0.2) is 15.0 Å². The smallest absolute Gasteiger partial charge is 0.251 e. The fourth-order valence-corrected chi connectivity index (χ4v) is 2.68. The molecule has 0 amide bonds. The minimum atomic E-state index is -0.158. The maximum atomic E-state index is 11.2. The molecule has 0 saturated heterocycles.